The van der Waals surface area contributed by atoms with Crippen molar-refractivity contribution in [2.24, 2.45) is 0 Å². The predicted octanol–water partition coefficient (Wildman–Crippen LogP) is 5.46. The maximum atomic E-state index is 14.3. The summed E-state index contributed by atoms with van der Waals surface area (Å²) in [5.41, 5.74) is 1.93. The smallest absolute Gasteiger partial charge is 0.264 e. The molecule has 1 saturated carbocycles. The molecule has 0 spiro atoms. The van der Waals surface area contributed by atoms with Crippen LogP contribution in [0.25, 0.3) is 0 Å². The van der Waals surface area contributed by atoms with Crippen molar-refractivity contribution >= 4 is 27.5 Å². The Labute approximate surface area is 261 Å². The first-order valence-corrected chi connectivity index (χ1v) is 16.6. The Morgan fingerprint density at radius 1 is 0.955 bits per heavy atom. The Balaban J connectivity index is 1.71. The number of rotatable bonds is 13. The van der Waals surface area contributed by atoms with Gasteiger partial charge in [0.05, 0.1) is 24.3 Å². The largest absolute Gasteiger partial charge is 0.497 e. The first-order valence-electron chi connectivity index (χ1n) is 15.2. The molecule has 0 aliphatic heterocycles. The minimum Gasteiger partial charge on any atom is -0.497 e. The van der Waals surface area contributed by atoms with E-state index in [1.54, 1.807) is 62.6 Å². The number of nitrogens with zero attached hydrogens (tertiary/aromatic N) is 2. The van der Waals surface area contributed by atoms with Crippen LogP contribution in [0.1, 0.15) is 57.1 Å². The van der Waals surface area contributed by atoms with Gasteiger partial charge in [-0.15, -0.1) is 0 Å². The molecule has 4 rings (SSSR count). The first-order chi connectivity index (χ1) is 21.1. The molecule has 1 N–H and O–H groups in total. The van der Waals surface area contributed by atoms with E-state index in [0.29, 0.717) is 18.1 Å². The topological polar surface area (TPSA) is 105 Å². The van der Waals surface area contributed by atoms with E-state index in [0.717, 1.165) is 47.5 Å². The number of amides is 2. The van der Waals surface area contributed by atoms with E-state index in [1.807, 2.05) is 26.0 Å². The summed E-state index contributed by atoms with van der Waals surface area (Å²) in [6.45, 7) is 5.26. The first kappa shape index (κ1) is 32.9. The van der Waals surface area contributed by atoms with Gasteiger partial charge in [-0.3, -0.25) is 13.9 Å². The van der Waals surface area contributed by atoms with Crippen LogP contribution in [0.4, 0.5) is 5.69 Å². The van der Waals surface area contributed by atoms with Crippen LogP contribution in [-0.4, -0.2) is 57.5 Å². The van der Waals surface area contributed by atoms with E-state index in [9.17, 15) is 18.0 Å². The van der Waals surface area contributed by atoms with Crippen molar-refractivity contribution in [3.63, 3.8) is 0 Å². The molecule has 1 aliphatic rings. The fraction of sp³-hybridized carbons (Fsp3) is 0.412. The lowest BCUT2D eigenvalue weighted by molar-refractivity contribution is -0.139. The van der Waals surface area contributed by atoms with Crippen LogP contribution in [0.5, 0.6) is 11.5 Å². The summed E-state index contributed by atoms with van der Waals surface area (Å²) in [6, 6.07) is 19.7. The van der Waals surface area contributed by atoms with Crippen LogP contribution in [0, 0.1) is 6.92 Å². The van der Waals surface area contributed by atoms with Gasteiger partial charge in [-0.25, -0.2) is 8.42 Å². The maximum absolute atomic E-state index is 14.3. The van der Waals surface area contributed by atoms with Gasteiger partial charge in [0.2, 0.25) is 11.8 Å². The third-order valence-corrected chi connectivity index (χ3v) is 9.73. The molecule has 9 nitrogen and oxygen atoms in total. The summed E-state index contributed by atoms with van der Waals surface area (Å²) in [5, 5.41) is 3.13. The number of sulfonamides is 1. The number of para-hydroxylation sites is 2. The molecule has 1 aliphatic carbocycles. The molecule has 1 atom stereocenters. The number of nitrogens with one attached hydrogen (secondary N) is 1. The molecule has 0 bridgehead atoms. The van der Waals surface area contributed by atoms with Gasteiger partial charge >= 0.3 is 0 Å². The molecule has 10 heteroatoms. The van der Waals surface area contributed by atoms with E-state index < -0.39 is 28.5 Å². The molecule has 0 saturated heterocycles. The highest BCUT2D eigenvalue weighted by atomic mass is 32.2. The van der Waals surface area contributed by atoms with Crippen LogP contribution in [0.3, 0.4) is 0 Å². The van der Waals surface area contributed by atoms with Gasteiger partial charge in [-0.2, -0.15) is 0 Å². The molecule has 44 heavy (non-hydrogen) atoms. The SMILES string of the molecule is CCOc1ccccc1N(CC(=O)N(Cc1ccc(OC)cc1)[C@H](C)C(=O)NC1CCCCC1)S(=O)(=O)c1ccc(C)cc1. The number of hydrogen-bond acceptors (Lipinski definition) is 6. The Morgan fingerprint density at radius 3 is 2.25 bits per heavy atom. The van der Waals surface area contributed by atoms with E-state index in [-0.39, 0.29) is 29.1 Å². The van der Waals surface area contributed by atoms with Crippen LogP contribution in [0.2, 0.25) is 0 Å². The molecule has 0 unspecified atom stereocenters. The lowest BCUT2D eigenvalue weighted by Crippen LogP contribution is -2.53. The van der Waals surface area contributed by atoms with Crippen molar-refractivity contribution in [3.8, 4) is 11.5 Å². The third-order valence-electron chi connectivity index (χ3n) is 7.95. The number of ether oxygens (including phenoxy) is 2. The highest BCUT2D eigenvalue weighted by Crippen LogP contribution is 2.33. The lowest BCUT2D eigenvalue weighted by Gasteiger charge is -2.33. The van der Waals surface area contributed by atoms with Crippen molar-refractivity contribution in [2.75, 3.05) is 24.6 Å². The van der Waals surface area contributed by atoms with Gasteiger partial charge in [0.25, 0.3) is 10.0 Å². The average molecular weight is 622 g/mol. The average Bonchev–Trinajstić information content (AvgIpc) is 3.03. The lowest BCUT2D eigenvalue weighted by atomic mass is 9.95. The van der Waals surface area contributed by atoms with E-state index in [2.05, 4.69) is 5.32 Å². The monoisotopic (exact) mass is 621 g/mol. The Hall–Kier alpha value is -4.05. The fourth-order valence-corrected chi connectivity index (χ4v) is 6.80. The van der Waals surface area contributed by atoms with E-state index in [4.69, 9.17) is 9.47 Å². The van der Waals surface area contributed by atoms with Gasteiger partial charge in [-0.1, -0.05) is 61.2 Å². The molecule has 2 amide bonds. The summed E-state index contributed by atoms with van der Waals surface area (Å²) >= 11 is 0. The normalized spacial score (nSPS) is 14.4. The fourth-order valence-electron chi connectivity index (χ4n) is 5.37. The molecule has 3 aromatic rings. The number of carbonyl (C=O) groups excluding carboxylic acids is 2. The maximum Gasteiger partial charge on any atom is 0.264 e. The van der Waals surface area contributed by atoms with E-state index >= 15 is 0 Å². The molecule has 0 radical (unpaired) electrons. The highest BCUT2D eigenvalue weighted by Gasteiger charge is 2.34. The van der Waals surface area contributed by atoms with Gasteiger partial charge in [0.1, 0.15) is 24.1 Å². The molecular weight excluding hydrogens is 578 g/mol. The standard InChI is InChI=1S/C34H43N3O6S/c1-5-43-32-14-10-9-13-31(32)37(44(40,41)30-21-15-25(2)16-22-30)24-33(38)36(23-27-17-19-29(42-4)20-18-27)26(3)34(39)35-28-11-7-6-8-12-28/h9-10,13-22,26,28H,5-8,11-12,23-24H2,1-4H3,(H,35,39)/t26-/m1/s1. The minimum absolute atomic E-state index is 0.0481. The summed E-state index contributed by atoms with van der Waals surface area (Å²) in [5.74, 6) is 0.219. The zero-order valence-electron chi connectivity index (χ0n) is 26.0. The molecule has 0 aromatic heterocycles. The van der Waals surface area contributed by atoms with Crippen molar-refractivity contribution in [1.29, 1.82) is 0 Å². The molecule has 3 aromatic carbocycles. The van der Waals surface area contributed by atoms with E-state index in [1.165, 1.54) is 17.0 Å². The Morgan fingerprint density at radius 2 is 1.61 bits per heavy atom. The Bertz CT molecular complexity index is 1500. The van der Waals surface area contributed by atoms with Crippen molar-refractivity contribution in [1.82, 2.24) is 10.2 Å². The van der Waals surface area contributed by atoms with Crippen LogP contribution >= 0.6 is 0 Å². The van der Waals surface area contributed by atoms with Gasteiger partial charge in [0, 0.05) is 12.6 Å². The van der Waals surface area contributed by atoms with Crippen molar-refractivity contribution in [3.05, 3.63) is 83.9 Å². The molecule has 0 heterocycles. The second-order valence-electron chi connectivity index (χ2n) is 11.1. The number of aryl methyl sites for hydroxylation is 1. The highest BCUT2D eigenvalue weighted by molar-refractivity contribution is 7.92. The number of hydrogen-bond donors (Lipinski definition) is 1. The van der Waals surface area contributed by atoms with Gasteiger partial charge in [0.15, 0.2) is 0 Å². The number of carbonyl (C=O) groups is 2. The predicted molar refractivity (Wildman–Crippen MR) is 171 cm³/mol. The van der Waals surface area contributed by atoms with Crippen LogP contribution < -0.4 is 19.1 Å². The second-order valence-corrected chi connectivity index (χ2v) is 13.0. The summed E-state index contributed by atoms with van der Waals surface area (Å²) in [4.78, 5) is 29.3. The Kier molecular flexibility index (Phi) is 11.3. The summed E-state index contributed by atoms with van der Waals surface area (Å²) < 4.78 is 40.5. The number of anilines is 1. The number of methoxy groups -OCH3 is 1. The van der Waals surface area contributed by atoms with Crippen molar-refractivity contribution in [2.45, 2.75) is 76.4 Å². The number of benzene rings is 3. The van der Waals surface area contributed by atoms with Gasteiger partial charge in [-0.05, 0) is 75.6 Å². The minimum atomic E-state index is -4.20. The van der Waals surface area contributed by atoms with Crippen LogP contribution in [-0.2, 0) is 26.2 Å². The summed E-state index contributed by atoms with van der Waals surface area (Å²) in [7, 11) is -2.63. The zero-order chi connectivity index (χ0) is 31.7. The quantitative estimate of drug-likeness (QED) is 0.272. The van der Waals surface area contributed by atoms with Gasteiger partial charge < -0.3 is 19.7 Å². The summed E-state index contributed by atoms with van der Waals surface area (Å²) in [6.07, 6.45) is 5.07. The third kappa shape index (κ3) is 8.11. The zero-order valence-corrected chi connectivity index (χ0v) is 26.8. The second kappa shape index (κ2) is 15.1. The molecule has 1 fully saturated rings. The van der Waals surface area contributed by atoms with Crippen molar-refractivity contribution < 1.29 is 27.5 Å². The van der Waals surface area contributed by atoms with Crippen LogP contribution in [0.15, 0.2) is 77.7 Å². The molecule has 236 valence electrons. The molecular formula is C34H43N3O6S.